The van der Waals surface area contributed by atoms with E-state index >= 15 is 0 Å². The van der Waals surface area contributed by atoms with Gasteiger partial charge >= 0.3 is 0 Å². The molecule has 0 radical (unpaired) electrons. The maximum Gasteiger partial charge on any atom is 0.223 e. The van der Waals surface area contributed by atoms with Crippen molar-refractivity contribution in [2.75, 3.05) is 5.32 Å². The molecule has 0 aliphatic rings. The van der Waals surface area contributed by atoms with Crippen LogP contribution in [0.4, 0.5) is 5.69 Å². The Hall–Kier alpha value is -1.55. The highest BCUT2D eigenvalue weighted by Crippen LogP contribution is 2.23. The van der Waals surface area contributed by atoms with Crippen LogP contribution in [-0.4, -0.2) is 10.1 Å². The fourth-order valence-electron chi connectivity index (χ4n) is 1.39. The van der Waals surface area contributed by atoms with Gasteiger partial charge in [-0.3, -0.25) is 0 Å². The van der Waals surface area contributed by atoms with Crippen LogP contribution in [-0.2, 0) is 6.54 Å². The molecular formula is C11H12ClN3O. The van der Waals surface area contributed by atoms with E-state index in [-0.39, 0.29) is 0 Å². The van der Waals surface area contributed by atoms with Crippen LogP contribution in [0.15, 0.2) is 22.7 Å². The molecule has 1 aromatic heterocycles. The first-order valence-corrected chi connectivity index (χ1v) is 5.33. The largest absolute Gasteiger partial charge is 0.377 e. The number of halogens is 1. The average molecular weight is 238 g/mol. The molecule has 2 rings (SSSR count). The van der Waals surface area contributed by atoms with Crippen molar-refractivity contribution in [3.05, 3.63) is 40.5 Å². The minimum Gasteiger partial charge on any atom is -0.377 e. The van der Waals surface area contributed by atoms with Crippen molar-refractivity contribution in [2.24, 2.45) is 0 Å². The number of rotatable bonds is 3. The molecule has 0 aliphatic carbocycles. The van der Waals surface area contributed by atoms with Crippen LogP contribution < -0.4 is 5.32 Å². The first-order chi connectivity index (χ1) is 7.66. The predicted octanol–water partition coefficient (Wildman–Crippen LogP) is 2.95. The van der Waals surface area contributed by atoms with Gasteiger partial charge in [0.1, 0.15) is 0 Å². The molecule has 2 aromatic rings. The van der Waals surface area contributed by atoms with Gasteiger partial charge in [0.15, 0.2) is 5.82 Å². The molecule has 1 heterocycles. The van der Waals surface area contributed by atoms with E-state index < -0.39 is 0 Å². The highest BCUT2D eigenvalue weighted by atomic mass is 35.5. The van der Waals surface area contributed by atoms with Crippen molar-refractivity contribution >= 4 is 17.3 Å². The molecule has 0 saturated carbocycles. The second-order valence-corrected chi connectivity index (χ2v) is 3.90. The molecule has 0 saturated heterocycles. The van der Waals surface area contributed by atoms with Gasteiger partial charge in [-0.05, 0) is 24.6 Å². The Morgan fingerprint density at radius 2 is 2.19 bits per heavy atom. The second kappa shape index (κ2) is 4.53. The van der Waals surface area contributed by atoms with Gasteiger partial charge in [-0.15, -0.1) is 0 Å². The smallest absolute Gasteiger partial charge is 0.223 e. The Kier molecular flexibility index (Phi) is 3.10. The molecule has 0 amide bonds. The minimum atomic E-state index is 0.526. The van der Waals surface area contributed by atoms with E-state index in [2.05, 4.69) is 15.5 Å². The molecule has 0 fully saturated rings. The molecule has 4 nitrogen and oxygen atoms in total. The van der Waals surface area contributed by atoms with E-state index in [4.69, 9.17) is 16.1 Å². The van der Waals surface area contributed by atoms with E-state index in [1.165, 1.54) is 0 Å². The average Bonchev–Trinajstić information content (AvgIpc) is 2.67. The van der Waals surface area contributed by atoms with Gasteiger partial charge in [0.25, 0.3) is 0 Å². The summed E-state index contributed by atoms with van der Waals surface area (Å²) in [6.45, 7) is 4.26. The van der Waals surface area contributed by atoms with Gasteiger partial charge in [0.2, 0.25) is 5.89 Å². The molecule has 0 bridgehead atoms. The number of hydrogen-bond acceptors (Lipinski definition) is 4. The maximum absolute atomic E-state index is 6.01. The monoisotopic (exact) mass is 237 g/mol. The van der Waals surface area contributed by atoms with E-state index in [0.29, 0.717) is 18.3 Å². The summed E-state index contributed by atoms with van der Waals surface area (Å²) in [6.07, 6.45) is 0. The summed E-state index contributed by atoms with van der Waals surface area (Å²) < 4.78 is 4.88. The molecule has 0 aliphatic heterocycles. The van der Waals surface area contributed by atoms with Crippen LogP contribution in [0, 0.1) is 13.8 Å². The second-order valence-electron chi connectivity index (χ2n) is 3.50. The third-order valence-corrected chi connectivity index (χ3v) is 2.68. The zero-order valence-corrected chi connectivity index (χ0v) is 9.88. The standard InChI is InChI=1S/C11H12ClN3O/c1-7-9(12)4-3-5-10(7)13-6-11-14-8(2)16-15-11/h3-5,13H,6H2,1-2H3. The summed E-state index contributed by atoms with van der Waals surface area (Å²) in [5.41, 5.74) is 2.00. The number of nitrogens with one attached hydrogen (secondary N) is 1. The normalized spacial score (nSPS) is 10.4. The van der Waals surface area contributed by atoms with Crippen molar-refractivity contribution in [3.63, 3.8) is 0 Å². The molecular weight excluding hydrogens is 226 g/mol. The maximum atomic E-state index is 6.01. The fraction of sp³-hybridized carbons (Fsp3) is 0.273. The van der Waals surface area contributed by atoms with Crippen LogP contribution in [0.3, 0.4) is 0 Å². The number of anilines is 1. The minimum absolute atomic E-state index is 0.526. The fourth-order valence-corrected chi connectivity index (χ4v) is 1.56. The van der Waals surface area contributed by atoms with Crippen LogP contribution in [0.5, 0.6) is 0 Å². The van der Waals surface area contributed by atoms with Crippen molar-refractivity contribution in [3.8, 4) is 0 Å². The molecule has 0 spiro atoms. The Labute approximate surface area is 98.6 Å². The lowest BCUT2D eigenvalue weighted by molar-refractivity contribution is 0.388. The molecule has 84 valence electrons. The zero-order chi connectivity index (χ0) is 11.5. The highest BCUT2D eigenvalue weighted by Gasteiger charge is 2.04. The van der Waals surface area contributed by atoms with Gasteiger partial charge in [-0.1, -0.05) is 22.8 Å². The summed E-state index contributed by atoms with van der Waals surface area (Å²) in [7, 11) is 0. The number of hydrogen-bond donors (Lipinski definition) is 1. The zero-order valence-electron chi connectivity index (χ0n) is 9.12. The quantitative estimate of drug-likeness (QED) is 0.892. The van der Waals surface area contributed by atoms with Crippen molar-refractivity contribution in [1.82, 2.24) is 10.1 Å². The Balaban J connectivity index is 2.07. The van der Waals surface area contributed by atoms with E-state index in [9.17, 15) is 0 Å². The number of aryl methyl sites for hydroxylation is 1. The Bertz CT molecular complexity index is 496. The highest BCUT2D eigenvalue weighted by molar-refractivity contribution is 6.31. The van der Waals surface area contributed by atoms with E-state index in [1.54, 1.807) is 6.92 Å². The van der Waals surface area contributed by atoms with Crippen molar-refractivity contribution < 1.29 is 4.52 Å². The summed E-state index contributed by atoms with van der Waals surface area (Å²) in [4.78, 5) is 4.10. The number of benzene rings is 1. The Morgan fingerprint density at radius 1 is 1.38 bits per heavy atom. The third-order valence-electron chi connectivity index (χ3n) is 2.27. The number of aromatic nitrogens is 2. The molecule has 0 unspecified atom stereocenters. The van der Waals surface area contributed by atoms with Gasteiger partial charge in [-0.25, -0.2) is 0 Å². The van der Waals surface area contributed by atoms with Crippen LogP contribution in [0.25, 0.3) is 0 Å². The molecule has 1 N–H and O–H groups in total. The molecule has 16 heavy (non-hydrogen) atoms. The van der Waals surface area contributed by atoms with Crippen LogP contribution in [0.1, 0.15) is 17.3 Å². The molecule has 5 heteroatoms. The van der Waals surface area contributed by atoms with Gasteiger partial charge in [0.05, 0.1) is 6.54 Å². The van der Waals surface area contributed by atoms with Gasteiger partial charge < -0.3 is 9.84 Å². The lowest BCUT2D eigenvalue weighted by atomic mass is 10.2. The lowest BCUT2D eigenvalue weighted by Gasteiger charge is -2.08. The first kappa shape index (κ1) is 11.0. The van der Waals surface area contributed by atoms with Crippen LogP contribution in [0.2, 0.25) is 5.02 Å². The van der Waals surface area contributed by atoms with Gasteiger partial charge in [0, 0.05) is 17.6 Å². The van der Waals surface area contributed by atoms with E-state index in [0.717, 1.165) is 16.3 Å². The summed E-state index contributed by atoms with van der Waals surface area (Å²) in [6, 6.07) is 5.73. The Morgan fingerprint density at radius 3 is 2.88 bits per heavy atom. The van der Waals surface area contributed by atoms with E-state index in [1.807, 2.05) is 25.1 Å². The summed E-state index contributed by atoms with van der Waals surface area (Å²) >= 11 is 6.01. The first-order valence-electron chi connectivity index (χ1n) is 4.95. The summed E-state index contributed by atoms with van der Waals surface area (Å²) in [5, 5.41) is 7.76. The SMILES string of the molecule is Cc1nc(CNc2cccc(Cl)c2C)no1. The topological polar surface area (TPSA) is 51.0 Å². The van der Waals surface area contributed by atoms with Crippen LogP contribution >= 0.6 is 11.6 Å². The third kappa shape index (κ3) is 2.33. The van der Waals surface area contributed by atoms with Crippen molar-refractivity contribution in [1.29, 1.82) is 0 Å². The van der Waals surface area contributed by atoms with Crippen molar-refractivity contribution in [2.45, 2.75) is 20.4 Å². The molecule has 1 aromatic carbocycles. The predicted molar refractivity (Wildman–Crippen MR) is 62.6 cm³/mol. The molecule has 0 atom stereocenters. The lowest BCUT2D eigenvalue weighted by Crippen LogP contribution is -2.02. The van der Waals surface area contributed by atoms with Gasteiger partial charge in [-0.2, -0.15) is 4.98 Å². The number of nitrogens with zero attached hydrogens (tertiary/aromatic N) is 2. The summed E-state index contributed by atoms with van der Waals surface area (Å²) in [5.74, 6) is 1.21.